The second-order valence-electron chi connectivity index (χ2n) is 5.95. The minimum atomic E-state index is -4.66. The minimum absolute atomic E-state index is 0.305. The van der Waals surface area contributed by atoms with Crippen molar-refractivity contribution < 1.29 is 18.0 Å². The molecule has 0 aliphatic carbocycles. The van der Waals surface area contributed by atoms with Crippen molar-refractivity contribution in [3.05, 3.63) is 68.6 Å². The van der Waals surface area contributed by atoms with Gasteiger partial charge in [0.15, 0.2) is 0 Å². The summed E-state index contributed by atoms with van der Waals surface area (Å²) in [6.45, 7) is 3.26. The number of amides is 1. The van der Waals surface area contributed by atoms with Crippen LogP contribution >= 0.6 is 11.6 Å². The average molecular weight is 387 g/mol. The van der Waals surface area contributed by atoms with Gasteiger partial charge in [0, 0.05) is 6.20 Å². The number of carbonyl (C=O) groups is 1. The molecule has 1 aromatic carbocycles. The third-order valence-corrected chi connectivity index (χ3v) is 4.18. The van der Waals surface area contributed by atoms with Crippen LogP contribution in [0.3, 0.4) is 0 Å². The lowest BCUT2D eigenvalue weighted by molar-refractivity contribution is -0.138. The Morgan fingerprint density at radius 3 is 2.42 bits per heavy atom. The average Bonchev–Trinajstić information content (AvgIpc) is 2.56. The molecule has 0 unspecified atom stereocenters. The van der Waals surface area contributed by atoms with Crippen LogP contribution in [0.25, 0.3) is 0 Å². The summed E-state index contributed by atoms with van der Waals surface area (Å²) in [5, 5.41) is 2.15. The number of aromatic nitrogens is 1. The number of nitrogens with zero attached hydrogens (tertiary/aromatic N) is 1. The zero-order chi connectivity index (χ0) is 19.5. The summed E-state index contributed by atoms with van der Waals surface area (Å²) in [6.07, 6.45) is -3.48. The first-order chi connectivity index (χ1) is 12.1. The summed E-state index contributed by atoms with van der Waals surface area (Å²) >= 11 is 5.59. The molecule has 0 saturated heterocycles. The van der Waals surface area contributed by atoms with Crippen molar-refractivity contribution in [2.24, 2.45) is 0 Å². The Balaban J connectivity index is 2.20. The van der Waals surface area contributed by atoms with Gasteiger partial charge in [-0.05, 0) is 25.0 Å². The van der Waals surface area contributed by atoms with Crippen molar-refractivity contribution >= 4 is 17.5 Å². The normalized spacial score (nSPS) is 12.7. The molecule has 140 valence electrons. The van der Waals surface area contributed by atoms with Gasteiger partial charge in [-0.2, -0.15) is 13.2 Å². The van der Waals surface area contributed by atoms with Crippen molar-refractivity contribution in [1.29, 1.82) is 0 Å². The number of alkyl halides is 3. The molecule has 26 heavy (non-hydrogen) atoms. The van der Waals surface area contributed by atoms with Crippen LogP contribution in [0.4, 0.5) is 13.2 Å². The highest BCUT2D eigenvalue weighted by atomic mass is 35.5. The maximum absolute atomic E-state index is 12.9. The van der Waals surface area contributed by atoms with E-state index in [4.69, 9.17) is 11.6 Å². The molecule has 0 radical (unpaired) electrons. The number of hydrogen-bond acceptors (Lipinski definition) is 2. The first kappa shape index (κ1) is 20.0. The molecule has 1 aromatic heterocycles. The second-order valence-corrected chi connectivity index (χ2v) is 6.35. The van der Waals surface area contributed by atoms with E-state index < -0.39 is 34.8 Å². The van der Waals surface area contributed by atoms with E-state index in [0.29, 0.717) is 23.3 Å². The molecule has 2 aromatic rings. The maximum atomic E-state index is 12.9. The van der Waals surface area contributed by atoms with Gasteiger partial charge in [-0.3, -0.25) is 9.59 Å². The highest BCUT2D eigenvalue weighted by Crippen LogP contribution is 2.29. The Morgan fingerprint density at radius 2 is 1.88 bits per heavy atom. The molecular weight excluding hydrogens is 369 g/mol. The van der Waals surface area contributed by atoms with Crippen LogP contribution < -0.4 is 10.9 Å². The molecule has 0 fully saturated rings. The number of nitrogens with one attached hydrogen (secondary N) is 1. The van der Waals surface area contributed by atoms with Crippen molar-refractivity contribution in [3.8, 4) is 0 Å². The summed E-state index contributed by atoms with van der Waals surface area (Å²) in [4.78, 5) is 24.2. The lowest BCUT2D eigenvalue weighted by Gasteiger charge is -2.18. The number of aryl methyl sites for hydroxylation is 1. The number of carbonyl (C=O) groups excluding carboxylic acids is 1. The third kappa shape index (κ3) is 4.88. The molecular formula is C18H18ClF3N2O2. The summed E-state index contributed by atoms with van der Waals surface area (Å²) in [5.74, 6) is -0.574. The van der Waals surface area contributed by atoms with Crippen LogP contribution in [-0.2, 0) is 17.5 Å². The van der Waals surface area contributed by atoms with Crippen molar-refractivity contribution in [3.63, 3.8) is 0 Å². The van der Waals surface area contributed by atoms with E-state index in [1.807, 2.05) is 38.1 Å². The van der Waals surface area contributed by atoms with Gasteiger partial charge in [0.05, 0.1) is 11.6 Å². The summed E-state index contributed by atoms with van der Waals surface area (Å²) in [5.41, 5.74) is 0.0136. The van der Waals surface area contributed by atoms with Gasteiger partial charge in [-0.15, -0.1) is 0 Å². The van der Waals surface area contributed by atoms with Crippen molar-refractivity contribution in [2.45, 2.75) is 39.0 Å². The van der Waals surface area contributed by atoms with E-state index in [2.05, 4.69) is 5.32 Å². The fourth-order valence-electron chi connectivity index (χ4n) is 2.49. The van der Waals surface area contributed by atoms with Crippen LogP contribution in [0, 0.1) is 6.92 Å². The zero-order valence-corrected chi connectivity index (χ0v) is 15.0. The molecule has 0 saturated carbocycles. The Hall–Kier alpha value is -2.28. The number of halogens is 4. The van der Waals surface area contributed by atoms with Gasteiger partial charge in [0.2, 0.25) is 5.91 Å². The largest absolute Gasteiger partial charge is 0.417 e. The SMILES string of the molecule is CC[C@H](NC(=O)Cn1cc(C(F)(F)F)cc(Cl)c1=O)c1ccc(C)cc1. The number of pyridine rings is 1. The molecule has 1 N–H and O–H groups in total. The van der Waals surface area contributed by atoms with Crippen molar-refractivity contribution in [2.75, 3.05) is 0 Å². The van der Waals surface area contributed by atoms with Gasteiger partial charge < -0.3 is 9.88 Å². The van der Waals surface area contributed by atoms with E-state index in [1.54, 1.807) is 0 Å². The molecule has 1 amide bonds. The van der Waals surface area contributed by atoms with Crippen LogP contribution in [0.1, 0.15) is 36.1 Å². The lowest BCUT2D eigenvalue weighted by Crippen LogP contribution is -2.35. The van der Waals surface area contributed by atoms with E-state index in [1.165, 1.54) is 0 Å². The zero-order valence-electron chi connectivity index (χ0n) is 14.2. The van der Waals surface area contributed by atoms with Gasteiger partial charge in [-0.1, -0.05) is 48.4 Å². The molecule has 0 aliphatic heterocycles. The smallest absolute Gasteiger partial charge is 0.348 e. The molecule has 0 bridgehead atoms. The van der Waals surface area contributed by atoms with Gasteiger partial charge in [0.25, 0.3) is 5.56 Å². The van der Waals surface area contributed by atoms with E-state index >= 15 is 0 Å². The topological polar surface area (TPSA) is 51.1 Å². The summed E-state index contributed by atoms with van der Waals surface area (Å²) in [7, 11) is 0. The first-order valence-corrected chi connectivity index (χ1v) is 8.32. The molecule has 8 heteroatoms. The van der Waals surface area contributed by atoms with Gasteiger partial charge >= 0.3 is 6.18 Å². The second kappa shape index (κ2) is 7.95. The molecule has 0 aliphatic rings. The Bertz CT molecular complexity index is 845. The van der Waals surface area contributed by atoms with Crippen molar-refractivity contribution in [1.82, 2.24) is 9.88 Å². The van der Waals surface area contributed by atoms with E-state index in [-0.39, 0.29) is 6.04 Å². The van der Waals surface area contributed by atoms with E-state index in [9.17, 15) is 22.8 Å². The number of hydrogen-bond donors (Lipinski definition) is 1. The van der Waals surface area contributed by atoms with Gasteiger partial charge in [-0.25, -0.2) is 0 Å². The highest BCUT2D eigenvalue weighted by molar-refractivity contribution is 6.30. The first-order valence-electron chi connectivity index (χ1n) is 7.95. The predicted octanol–water partition coefficient (Wildman–Crippen LogP) is 4.10. The molecule has 0 spiro atoms. The summed E-state index contributed by atoms with van der Waals surface area (Å²) in [6, 6.07) is 7.80. The fourth-order valence-corrected chi connectivity index (χ4v) is 2.71. The minimum Gasteiger partial charge on any atom is -0.348 e. The fraction of sp³-hybridized carbons (Fsp3) is 0.333. The number of rotatable bonds is 5. The molecule has 1 atom stereocenters. The van der Waals surface area contributed by atoms with E-state index in [0.717, 1.165) is 11.1 Å². The quantitative estimate of drug-likeness (QED) is 0.841. The number of benzene rings is 1. The standard InChI is InChI=1S/C18H18ClF3N2O2/c1-3-15(12-6-4-11(2)5-7-12)23-16(25)10-24-9-13(18(20,21)22)8-14(19)17(24)26/h4-9,15H,3,10H2,1-2H3,(H,23,25)/t15-/m0/s1. The maximum Gasteiger partial charge on any atom is 0.417 e. The lowest BCUT2D eigenvalue weighted by atomic mass is 10.0. The van der Waals surface area contributed by atoms with Gasteiger partial charge in [0.1, 0.15) is 11.6 Å². The Kier molecular flexibility index (Phi) is 6.13. The summed E-state index contributed by atoms with van der Waals surface area (Å²) < 4.78 is 39.3. The van der Waals surface area contributed by atoms with Crippen LogP contribution in [-0.4, -0.2) is 10.5 Å². The monoisotopic (exact) mass is 386 g/mol. The predicted molar refractivity (Wildman–Crippen MR) is 93.1 cm³/mol. The van der Waals surface area contributed by atoms with Crippen LogP contribution in [0.2, 0.25) is 5.02 Å². The van der Waals surface area contributed by atoms with Crippen LogP contribution in [0.15, 0.2) is 41.3 Å². The van der Waals surface area contributed by atoms with Crippen LogP contribution in [0.5, 0.6) is 0 Å². The Morgan fingerprint density at radius 1 is 1.27 bits per heavy atom. The molecule has 1 heterocycles. The third-order valence-electron chi connectivity index (χ3n) is 3.91. The Labute approximate surface area is 153 Å². The highest BCUT2D eigenvalue weighted by Gasteiger charge is 2.32. The molecule has 2 rings (SSSR count). The molecule has 4 nitrogen and oxygen atoms in total.